The molecule has 1 saturated heterocycles. The molecular weight excluding hydrogens is 398 g/mol. The fourth-order valence-electron chi connectivity index (χ4n) is 4.80. The first-order valence-electron chi connectivity index (χ1n) is 12.1. The van der Waals surface area contributed by atoms with Crippen LogP contribution in [-0.2, 0) is 11.3 Å². The van der Waals surface area contributed by atoms with E-state index in [4.69, 9.17) is 0 Å². The Labute approximate surface area is 191 Å². The minimum absolute atomic E-state index is 0.0832. The summed E-state index contributed by atoms with van der Waals surface area (Å²) < 4.78 is 0. The molecule has 2 aromatic rings. The van der Waals surface area contributed by atoms with Crippen molar-refractivity contribution >= 4 is 23.2 Å². The molecule has 170 valence electrons. The fraction of sp³-hybridized carbons (Fsp3) is 0.481. The predicted molar refractivity (Wildman–Crippen MR) is 130 cm³/mol. The van der Waals surface area contributed by atoms with Crippen LogP contribution in [0.2, 0.25) is 0 Å². The van der Waals surface area contributed by atoms with Crippen LogP contribution >= 0.6 is 0 Å². The molecule has 1 heterocycles. The van der Waals surface area contributed by atoms with Gasteiger partial charge in [0, 0.05) is 36.9 Å². The molecule has 1 saturated carbocycles. The van der Waals surface area contributed by atoms with Crippen LogP contribution in [0.4, 0.5) is 11.4 Å². The van der Waals surface area contributed by atoms with Crippen LogP contribution in [0.15, 0.2) is 48.5 Å². The van der Waals surface area contributed by atoms with Gasteiger partial charge in [-0.25, -0.2) is 0 Å². The van der Waals surface area contributed by atoms with Gasteiger partial charge in [0.05, 0.1) is 5.56 Å². The monoisotopic (exact) mass is 433 g/mol. The normalized spacial score (nSPS) is 17.7. The highest BCUT2D eigenvalue weighted by Gasteiger charge is 2.24. The van der Waals surface area contributed by atoms with Gasteiger partial charge in [0.2, 0.25) is 5.91 Å². The molecule has 2 amide bonds. The Balaban J connectivity index is 1.52. The van der Waals surface area contributed by atoms with E-state index >= 15 is 0 Å². The van der Waals surface area contributed by atoms with E-state index in [2.05, 4.69) is 22.5 Å². The molecule has 2 N–H and O–H groups in total. The Morgan fingerprint density at radius 1 is 0.938 bits per heavy atom. The lowest BCUT2D eigenvalue weighted by atomic mass is 9.88. The highest BCUT2D eigenvalue weighted by molar-refractivity contribution is 6.02. The summed E-state index contributed by atoms with van der Waals surface area (Å²) in [4.78, 5) is 28.3. The molecular formula is C27H35N3O2. The maximum Gasteiger partial charge on any atom is 0.253 e. The van der Waals surface area contributed by atoms with Crippen LogP contribution in [0.25, 0.3) is 0 Å². The first-order chi connectivity index (χ1) is 15.6. The fourth-order valence-corrected chi connectivity index (χ4v) is 4.80. The number of nitrogens with one attached hydrogen (secondary N) is 2. The zero-order valence-corrected chi connectivity index (χ0v) is 19.1. The van der Waals surface area contributed by atoms with Crippen LogP contribution < -0.4 is 15.5 Å². The molecule has 0 bridgehead atoms. The number of benzene rings is 2. The lowest BCUT2D eigenvalue weighted by Crippen LogP contribution is -2.35. The van der Waals surface area contributed by atoms with Gasteiger partial charge < -0.3 is 15.5 Å². The molecule has 32 heavy (non-hydrogen) atoms. The summed E-state index contributed by atoms with van der Waals surface area (Å²) in [6.45, 7) is 4.67. The second-order valence-electron chi connectivity index (χ2n) is 9.39. The Kier molecular flexibility index (Phi) is 7.46. The molecule has 1 aliphatic carbocycles. The average Bonchev–Trinajstić information content (AvgIpc) is 2.84. The summed E-state index contributed by atoms with van der Waals surface area (Å²) in [6, 6.07) is 15.7. The Bertz CT molecular complexity index is 914. The summed E-state index contributed by atoms with van der Waals surface area (Å²) in [5.41, 5.74) is 3.37. The number of rotatable bonds is 6. The van der Waals surface area contributed by atoms with Gasteiger partial charge >= 0.3 is 0 Å². The lowest BCUT2D eigenvalue weighted by molar-refractivity contribution is -0.120. The molecule has 5 nitrogen and oxygen atoms in total. The van der Waals surface area contributed by atoms with Crippen molar-refractivity contribution in [3.05, 3.63) is 59.7 Å². The number of piperidine rings is 1. The van der Waals surface area contributed by atoms with Gasteiger partial charge in [-0.2, -0.15) is 0 Å². The molecule has 5 heteroatoms. The summed E-state index contributed by atoms with van der Waals surface area (Å²) in [5, 5.41) is 6.15. The van der Waals surface area contributed by atoms with Crippen LogP contribution in [-0.4, -0.2) is 24.9 Å². The number of hydrogen-bond donors (Lipinski definition) is 2. The SMILES string of the molecule is CC1CCN(c2ccc(NC(=O)C3CCCCC3)cc2C(=O)NCc2ccccc2)CC1. The molecule has 2 fully saturated rings. The minimum atomic E-state index is -0.101. The van der Waals surface area contributed by atoms with Gasteiger partial charge in [0.15, 0.2) is 0 Å². The van der Waals surface area contributed by atoms with E-state index in [1.807, 2.05) is 48.5 Å². The molecule has 2 aromatic carbocycles. The van der Waals surface area contributed by atoms with Crippen LogP contribution in [0.1, 0.15) is 67.8 Å². The topological polar surface area (TPSA) is 61.4 Å². The number of hydrogen-bond acceptors (Lipinski definition) is 3. The molecule has 2 aliphatic rings. The molecule has 0 atom stereocenters. The maximum absolute atomic E-state index is 13.2. The van der Waals surface area contributed by atoms with Crippen LogP contribution in [0, 0.1) is 11.8 Å². The van der Waals surface area contributed by atoms with Crippen molar-refractivity contribution in [1.82, 2.24) is 5.32 Å². The molecule has 4 rings (SSSR count). The molecule has 0 aromatic heterocycles. The maximum atomic E-state index is 13.2. The summed E-state index contributed by atoms with van der Waals surface area (Å²) in [5.74, 6) is 0.786. The Morgan fingerprint density at radius 3 is 2.38 bits per heavy atom. The third kappa shape index (κ3) is 5.70. The molecule has 1 aliphatic heterocycles. The predicted octanol–water partition coefficient (Wildman–Crippen LogP) is 5.37. The summed E-state index contributed by atoms with van der Waals surface area (Å²) in [6.07, 6.45) is 7.64. The van der Waals surface area contributed by atoms with E-state index in [9.17, 15) is 9.59 Å². The third-order valence-electron chi connectivity index (χ3n) is 6.90. The second kappa shape index (κ2) is 10.7. The van der Waals surface area contributed by atoms with Crippen molar-refractivity contribution < 1.29 is 9.59 Å². The highest BCUT2D eigenvalue weighted by Crippen LogP contribution is 2.30. The van der Waals surface area contributed by atoms with Gasteiger partial charge in [-0.3, -0.25) is 9.59 Å². The second-order valence-corrected chi connectivity index (χ2v) is 9.39. The van der Waals surface area contributed by atoms with Crippen LogP contribution in [0.5, 0.6) is 0 Å². The highest BCUT2D eigenvalue weighted by atomic mass is 16.2. The quantitative estimate of drug-likeness (QED) is 0.644. The van der Waals surface area contributed by atoms with Gasteiger partial charge in [0.1, 0.15) is 0 Å². The van der Waals surface area contributed by atoms with Crippen LogP contribution in [0.3, 0.4) is 0 Å². The zero-order chi connectivity index (χ0) is 22.3. The van der Waals surface area contributed by atoms with E-state index in [0.29, 0.717) is 17.8 Å². The van der Waals surface area contributed by atoms with E-state index in [1.165, 1.54) is 6.42 Å². The van der Waals surface area contributed by atoms with E-state index in [-0.39, 0.29) is 17.7 Å². The van der Waals surface area contributed by atoms with Crippen molar-refractivity contribution in [1.29, 1.82) is 0 Å². The molecule has 0 radical (unpaired) electrons. The number of carbonyl (C=O) groups is 2. The van der Waals surface area contributed by atoms with E-state index < -0.39 is 0 Å². The van der Waals surface area contributed by atoms with E-state index in [0.717, 1.165) is 68.8 Å². The first-order valence-corrected chi connectivity index (χ1v) is 12.1. The Hall–Kier alpha value is -2.82. The first kappa shape index (κ1) is 22.4. The standard InChI is InChI=1S/C27H35N3O2/c1-20-14-16-30(17-15-20)25-13-12-23(29-26(31)22-10-6-3-7-11-22)18-24(25)27(32)28-19-21-8-4-2-5-9-21/h2,4-5,8-9,12-13,18,20,22H,3,6-7,10-11,14-17,19H2,1H3,(H,28,32)(H,29,31). The third-order valence-corrected chi connectivity index (χ3v) is 6.90. The largest absolute Gasteiger partial charge is 0.371 e. The number of carbonyl (C=O) groups excluding carboxylic acids is 2. The van der Waals surface area contributed by atoms with Gasteiger partial charge in [-0.05, 0) is 55.4 Å². The number of nitrogens with zero attached hydrogens (tertiary/aromatic N) is 1. The van der Waals surface area contributed by atoms with Gasteiger partial charge in [-0.1, -0.05) is 56.5 Å². The smallest absolute Gasteiger partial charge is 0.253 e. The van der Waals surface area contributed by atoms with Gasteiger partial charge in [0.25, 0.3) is 5.91 Å². The van der Waals surface area contributed by atoms with Gasteiger partial charge in [-0.15, -0.1) is 0 Å². The van der Waals surface area contributed by atoms with Crippen molar-refractivity contribution in [3.63, 3.8) is 0 Å². The summed E-state index contributed by atoms with van der Waals surface area (Å²) in [7, 11) is 0. The zero-order valence-electron chi connectivity index (χ0n) is 19.1. The van der Waals surface area contributed by atoms with E-state index in [1.54, 1.807) is 0 Å². The lowest BCUT2D eigenvalue weighted by Gasteiger charge is -2.33. The minimum Gasteiger partial charge on any atom is -0.371 e. The van der Waals surface area contributed by atoms with Crippen molar-refractivity contribution in [3.8, 4) is 0 Å². The molecule has 0 spiro atoms. The number of anilines is 2. The Morgan fingerprint density at radius 2 is 1.66 bits per heavy atom. The van der Waals surface area contributed by atoms with Crippen molar-refractivity contribution in [2.45, 2.75) is 58.4 Å². The molecule has 0 unspecified atom stereocenters. The number of amides is 2. The van der Waals surface area contributed by atoms with Crippen molar-refractivity contribution in [2.24, 2.45) is 11.8 Å². The average molecular weight is 434 g/mol. The van der Waals surface area contributed by atoms with Crippen molar-refractivity contribution in [2.75, 3.05) is 23.3 Å². The summed E-state index contributed by atoms with van der Waals surface area (Å²) >= 11 is 0.